The van der Waals surface area contributed by atoms with Crippen molar-refractivity contribution in [2.45, 2.75) is 18.6 Å². The lowest BCUT2D eigenvalue weighted by atomic mass is 9.78. The first-order chi connectivity index (χ1) is 12.5. The van der Waals surface area contributed by atoms with Crippen LogP contribution < -0.4 is 5.73 Å². The van der Waals surface area contributed by atoms with E-state index in [2.05, 4.69) is 0 Å². The molecule has 2 fully saturated rings. The molecule has 0 radical (unpaired) electrons. The number of nitrogens with two attached hydrogens (primary N) is 1. The molecule has 1 aromatic rings. The van der Waals surface area contributed by atoms with Crippen LogP contribution >= 0.6 is 0 Å². The largest absolute Gasteiger partial charge is 0.381 e. The molecule has 2 N–H and O–H groups in total. The van der Waals surface area contributed by atoms with Gasteiger partial charge in [-0.1, -0.05) is 30.3 Å². The van der Waals surface area contributed by atoms with E-state index in [1.54, 1.807) is 4.90 Å². The Hall–Kier alpha value is -1.48. The molecule has 26 heavy (non-hydrogen) atoms. The fourth-order valence-corrected chi connectivity index (χ4v) is 5.16. The zero-order chi connectivity index (χ0) is 18.6. The van der Waals surface area contributed by atoms with E-state index in [9.17, 15) is 13.2 Å². The molecule has 0 saturated carbocycles. The topological polar surface area (TPSA) is 92.9 Å². The van der Waals surface area contributed by atoms with Gasteiger partial charge in [0.05, 0.1) is 11.2 Å². The van der Waals surface area contributed by atoms with Crippen LogP contribution in [0.3, 0.4) is 0 Å². The molecule has 144 valence electrons. The van der Waals surface area contributed by atoms with Crippen molar-refractivity contribution in [1.29, 1.82) is 0 Å². The number of hydrogen-bond acceptors (Lipinski definition) is 5. The number of amides is 1. The molecular formula is C18H27N3O4S. The molecule has 2 heterocycles. The molecule has 0 aromatic heterocycles. The van der Waals surface area contributed by atoms with Gasteiger partial charge in [0.25, 0.3) is 0 Å². The second-order valence-electron chi connectivity index (χ2n) is 7.03. The number of carbonyl (C=O) groups excluding carboxylic acids is 1. The number of hydrogen-bond donors (Lipinski definition) is 1. The van der Waals surface area contributed by atoms with E-state index in [1.807, 2.05) is 30.3 Å². The molecule has 8 heteroatoms. The predicted octanol–water partition coefficient (Wildman–Crippen LogP) is 0.416. The normalized spacial score (nSPS) is 21.5. The van der Waals surface area contributed by atoms with Crippen molar-refractivity contribution >= 4 is 15.9 Å². The first kappa shape index (κ1) is 19.3. The fraction of sp³-hybridized carbons (Fsp3) is 0.611. The standard InChI is InChI=1S/C18H27N3O4S/c19-15-18(6-12-25-13-7-18)17(22)20-8-10-21(11-9-20)26(23,24)14-16-4-2-1-3-5-16/h1-5H,6-15,19H2. The molecule has 3 rings (SSSR count). The van der Waals surface area contributed by atoms with Crippen LogP contribution in [0.5, 0.6) is 0 Å². The summed E-state index contributed by atoms with van der Waals surface area (Å²) >= 11 is 0. The van der Waals surface area contributed by atoms with Crippen LogP contribution in [0.4, 0.5) is 0 Å². The lowest BCUT2D eigenvalue weighted by Gasteiger charge is -2.42. The summed E-state index contributed by atoms with van der Waals surface area (Å²) < 4.78 is 32.1. The fourth-order valence-electron chi connectivity index (χ4n) is 3.65. The Kier molecular flexibility index (Phi) is 5.96. The molecule has 7 nitrogen and oxygen atoms in total. The predicted molar refractivity (Wildman–Crippen MR) is 98.8 cm³/mol. The van der Waals surface area contributed by atoms with Gasteiger partial charge in [-0.25, -0.2) is 8.42 Å². The average Bonchev–Trinajstić information content (AvgIpc) is 2.68. The lowest BCUT2D eigenvalue weighted by molar-refractivity contribution is -0.148. The Bertz CT molecular complexity index is 709. The number of sulfonamides is 1. The summed E-state index contributed by atoms with van der Waals surface area (Å²) in [5.74, 6) is 0.0367. The summed E-state index contributed by atoms with van der Waals surface area (Å²) in [6.45, 7) is 2.89. The zero-order valence-corrected chi connectivity index (χ0v) is 15.8. The van der Waals surface area contributed by atoms with Gasteiger partial charge in [-0.15, -0.1) is 0 Å². The smallest absolute Gasteiger partial charge is 0.230 e. The Morgan fingerprint density at radius 1 is 1.08 bits per heavy atom. The minimum Gasteiger partial charge on any atom is -0.381 e. The van der Waals surface area contributed by atoms with Gasteiger partial charge in [0.1, 0.15) is 0 Å². The Morgan fingerprint density at radius 2 is 1.69 bits per heavy atom. The molecule has 1 amide bonds. The van der Waals surface area contributed by atoms with Gasteiger partial charge in [0.2, 0.25) is 15.9 Å². The van der Waals surface area contributed by atoms with E-state index in [0.29, 0.717) is 58.8 Å². The third-order valence-corrected chi connectivity index (χ3v) is 7.26. The molecule has 0 aliphatic carbocycles. The van der Waals surface area contributed by atoms with Crippen LogP contribution in [0.1, 0.15) is 18.4 Å². The van der Waals surface area contributed by atoms with Crippen LogP contribution in [0.15, 0.2) is 30.3 Å². The van der Waals surface area contributed by atoms with Crippen LogP contribution in [0.25, 0.3) is 0 Å². The number of rotatable bonds is 5. The summed E-state index contributed by atoms with van der Waals surface area (Å²) in [6, 6.07) is 9.16. The summed E-state index contributed by atoms with van der Waals surface area (Å²) in [7, 11) is -3.38. The molecule has 2 aliphatic heterocycles. The van der Waals surface area contributed by atoms with E-state index in [0.717, 1.165) is 5.56 Å². The van der Waals surface area contributed by atoms with Gasteiger partial charge in [-0.2, -0.15) is 4.31 Å². The first-order valence-electron chi connectivity index (χ1n) is 9.06. The highest BCUT2D eigenvalue weighted by atomic mass is 32.2. The first-order valence-corrected chi connectivity index (χ1v) is 10.7. The van der Waals surface area contributed by atoms with Crippen molar-refractivity contribution in [3.8, 4) is 0 Å². The lowest BCUT2D eigenvalue weighted by Crippen LogP contribution is -2.57. The second kappa shape index (κ2) is 8.04. The third-order valence-electron chi connectivity index (χ3n) is 5.41. The molecule has 2 aliphatic rings. The van der Waals surface area contributed by atoms with Gasteiger partial charge in [-0.05, 0) is 18.4 Å². The van der Waals surface area contributed by atoms with Crippen molar-refractivity contribution in [3.05, 3.63) is 35.9 Å². The van der Waals surface area contributed by atoms with Crippen molar-refractivity contribution in [3.63, 3.8) is 0 Å². The van der Waals surface area contributed by atoms with Gasteiger partial charge >= 0.3 is 0 Å². The van der Waals surface area contributed by atoms with Crippen LogP contribution in [-0.4, -0.2) is 69.5 Å². The number of piperazine rings is 1. The van der Waals surface area contributed by atoms with Gasteiger partial charge < -0.3 is 15.4 Å². The minimum atomic E-state index is -3.38. The van der Waals surface area contributed by atoms with E-state index in [4.69, 9.17) is 10.5 Å². The number of benzene rings is 1. The zero-order valence-electron chi connectivity index (χ0n) is 15.0. The maximum atomic E-state index is 13.0. The maximum absolute atomic E-state index is 13.0. The number of carbonyl (C=O) groups is 1. The summed E-state index contributed by atoms with van der Waals surface area (Å²) in [5.41, 5.74) is 6.14. The number of nitrogens with zero attached hydrogens (tertiary/aromatic N) is 2. The summed E-state index contributed by atoms with van der Waals surface area (Å²) in [4.78, 5) is 14.7. The molecule has 0 unspecified atom stereocenters. The molecule has 1 aromatic carbocycles. The second-order valence-corrected chi connectivity index (χ2v) is 9.00. The summed E-state index contributed by atoms with van der Waals surface area (Å²) in [6.07, 6.45) is 1.27. The third kappa shape index (κ3) is 4.09. The van der Waals surface area contributed by atoms with E-state index >= 15 is 0 Å². The van der Waals surface area contributed by atoms with Gasteiger partial charge in [0.15, 0.2) is 0 Å². The average molecular weight is 381 g/mol. The van der Waals surface area contributed by atoms with E-state index < -0.39 is 15.4 Å². The monoisotopic (exact) mass is 381 g/mol. The highest BCUT2D eigenvalue weighted by Crippen LogP contribution is 2.32. The van der Waals surface area contributed by atoms with Crippen molar-refractivity contribution in [1.82, 2.24) is 9.21 Å². The Labute approximate surface area is 155 Å². The maximum Gasteiger partial charge on any atom is 0.230 e. The molecule has 0 spiro atoms. The van der Waals surface area contributed by atoms with Crippen molar-refractivity contribution in [2.75, 3.05) is 45.9 Å². The Balaban J connectivity index is 1.60. The molecule has 0 bridgehead atoms. The molecule has 0 atom stereocenters. The molecule has 2 saturated heterocycles. The van der Waals surface area contributed by atoms with Gasteiger partial charge in [-0.3, -0.25) is 4.79 Å². The minimum absolute atomic E-state index is 0.00807. The highest BCUT2D eigenvalue weighted by Gasteiger charge is 2.42. The van der Waals surface area contributed by atoms with E-state index in [1.165, 1.54) is 4.31 Å². The SMILES string of the molecule is NCC1(C(=O)N2CCN(S(=O)(=O)Cc3ccccc3)CC2)CCOCC1. The summed E-state index contributed by atoms with van der Waals surface area (Å²) in [5, 5.41) is 0. The van der Waals surface area contributed by atoms with Crippen LogP contribution in [-0.2, 0) is 25.3 Å². The van der Waals surface area contributed by atoms with E-state index in [-0.39, 0.29) is 11.7 Å². The highest BCUT2D eigenvalue weighted by molar-refractivity contribution is 7.88. The van der Waals surface area contributed by atoms with Crippen molar-refractivity contribution in [2.24, 2.45) is 11.1 Å². The van der Waals surface area contributed by atoms with Crippen LogP contribution in [0, 0.1) is 5.41 Å². The number of ether oxygens (including phenoxy) is 1. The Morgan fingerprint density at radius 3 is 2.27 bits per heavy atom. The van der Waals surface area contributed by atoms with Crippen LogP contribution in [0.2, 0.25) is 0 Å². The molecular weight excluding hydrogens is 354 g/mol. The van der Waals surface area contributed by atoms with Gasteiger partial charge in [0, 0.05) is 45.9 Å². The van der Waals surface area contributed by atoms with Crippen molar-refractivity contribution < 1.29 is 17.9 Å². The quantitative estimate of drug-likeness (QED) is 0.798.